The first-order valence-electron chi connectivity index (χ1n) is 4.71. The summed E-state index contributed by atoms with van der Waals surface area (Å²) in [6.45, 7) is 0.0358. The number of fused-ring (bicyclic) bond motifs is 1. The lowest BCUT2D eigenvalue weighted by Crippen LogP contribution is -2.11. The quantitative estimate of drug-likeness (QED) is 0.815. The van der Waals surface area contributed by atoms with Gasteiger partial charge in [-0.1, -0.05) is 11.6 Å². The Morgan fingerprint density at radius 3 is 2.94 bits per heavy atom. The number of aliphatic hydroxyl groups excluding tert-OH is 1. The summed E-state index contributed by atoms with van der Waals surface area (Å²) < 4.78 is 6.37. The van der Waals surface area contributed by atoms with Gasteiger partial charge in [-0.2, -0.15) is 0 Å². The second kappa shape index (κ2) is 3.93. The van der Waals surface area contributed by atoms with Crippen LogP contribution in [-0.4, -0.2) is 16.2 Å². The summed E-state index contributed by atoms with van der Waals surface area (Å²) in [4.78, 5) is 11.4. The number of rotatable bonds is 2. The van der Waals surface area contributed by atoms with E-state index in [1.54, 1.807) is 19.2 Å². The molecule has 0 saturated carbocycles. The van der Waals surface area contributed by atoms with Crippen molar-refractivity contribution in [3.63, 3.8) is 0 Å². The molecule has 2 rings (SSSR count). The Labute approximate surface area is 96.0 Å². The zero-order chi connectivity index (χ0) is 11.9. The molecule has 0 bridgehead atoms. The summed E-state index contributed by atoms with van der Waals surface area (Å²) in [5.41, 5.74) is 6.67. The van der Waals surface area contributed by atoms with Gasteiger partial charge in [0, 0.05) is 24.2 Å². The number of nitrogens with zero attached hydrogens (tertiary/aromatic N) is 1. The lowest BCUT2D eigenvalue weighted by Gasteiger charge is -2.08. The van der Waals surface area contributed by atoms with Gasteiger partial charge in [0.05, 0.1) is 11.6 Å². The highest BCUT2D eigenvalue weighted by molar-refractivity contribution is 6.31. The van der Waals surface area contributed by atoms with Crippen molar-refractivity contribution in [2.45, 2.75) is 6.10 Å². The first-order chi connectivity index (χ1) is 7.54. The zero-order valence-corrected chi connectivity index (χ0v) is 9.36. The van der Waals surface area contributed by atoms with Crippen molar-refractivity contribution in [1.82, 2.24) is 4.57 Å². The third kappa shape index (κ3) is 1.63. The van der Waals surface area contributed by atoms with Crippen LogP contribution in [0.3, 0.4) is 0 Å². The Hall–Kier alpha value is -1.30. The van der Waals surface area contributed by atoms with Crippen LogP contribution in [0.15, 0.2) is 21.3 Å². The summed E-state index contributed by atoms with van der Waals surface area (Å²) in [6, 6.07) is 3.15. The molecule has 6 heteroatoms. The maximum Gasteiger partial charge on any atom is 0.419 e. The van der Waals surface area contributed by atoms with E-state index >= 15 is 0 Å². The topological polar surface area (TPSA) is 81.4 Å². The summed E-state index contributed by atoms with van der Waals surface area (Å²) in [6.07, 6.45) is -0.897. The molecule has 0 fully saturated rings. The monoisotopic (exact) mass is 242 g/mol. The van der Waals surface area contributed by atoms with E-state index in [1.165, 1.54) is 4.57 Å². The number of benzene rings is 1. The minimum atomic E-state index is -0.897. The van der Waals surface area contributed by atoms with Crippen LogP contribution >= 0.6 is 11.6 Å². The van der Waals surface area contributed by atoms with Gasteiger partial charge in [-0.3, -0.25) is 4.57 Å². The van der Waals surface area contributed by atoms with Crippen molar-refractivity contribution in [2.24, 2.45) is 12.8 Å². The molecule has 1 aromatic heterocycles. The molecular formula is C10H11ClN2O3. The molecule has 0 saturated heterocycles. The Morgan fingerprint density at radius 2 is 2.31 bits per heavy atom. The molecule has 5 nitrogen and oxygen atoms in total. The Balaban J connectivity index is 2.83. The van der Waals surface area contributed by atoms with Crippen LogP contribution in [-0.2, 0) is 7.05 Å². The first-order valence-corrected chi connectivity index (χ1v) is 5.09. The molecule has 3 N–H and O–H groups in total. The fourth-order valence-corrected chi connectivity index (χ4v) is 1.81. The predicted octanol–water partition coefficient (Wildman–Crippen LogP) is 0.777. The normalized spacial score (nSPS) is 13.2. The number of halogens is 1. The van der Waals surface area contributed by atoms with Crippen LogP contribution in [0, 0.1) is 0 Å². The van der Waals surface area contributed by atoms with Gasteiger partial charge in [-0.25, -0.2) is 4.79 Å². The van der Waals surface area contributed by atoms with Crippen LogP contribution < -0.4 is 11.5 Å². The molecule has 0 aliphatic heterocycles. The van der Waals surface area contributed by atoms with Gasteiger partial charge in [0.1, 0.15) is 0 Å². The van der Waals surface area contributed by atoms with E-state index in [-0.39, 0.29) is 6.54 Å². The van der Waals surface area contributed by atoms with Crippen LogP contribution in [0.4, 0.5) is 0 Å². The maximum absolute atomic E-state index is 11.4. The number of hydrogen-bond acceptors (Lipinski definition) is 4. The average Bonchev–Trinajstić information content (AvgIpc) is 2.54. The van der Waals surface area contributed by atoms with Crippen molar-refractivity contribution in [3.8, 4) is 0 Å². The van der Waals surface area contributed by atoms with Crippen LogP contribution in [0.1, 0.15) is 11.7 Å². The summed E-state index contributed by atoms with van der Waals surface area (Å²) in [5, 5.41) is 10.1. The number of aliphatic hydroxyl groups is 1. The van der Waals surface area contributed by atoms with Gasteiger partial charge >= 0.3 is 5.76 Å². The van der Waals surface area contributed by atoms with E-state index in [4.69, 9.17) is 21.8 Å². The highest BCUT2D eigenvalue weighted by Gasteiger charge is 2.16. The van der Waals surface area contributed by atoms with E-state index in [0.717, 1.165) is 0 Å². The van der Waals surface area contributed by atoms with Crippen LogP contribution in [0.2, 0.25) is 5.02 Å². The highest BCUT2D eigenvalue weighted by Crippen LogP contribution is 2.27. The molecule has 0 aliphatic rings. The van der Waals surface area contributed by atoms with Crippen molar-refractivity contribution in [1.29, 1.82) is 0 Å². The maximum atomic E-state index is 11.4. The van der Waals surface area contributed by atoms with Gasteiger partial charge in [0.25, 0.3) is 0 Å². The standard InChI is InChI=1S/C10H11ClN2O3/c1-13-7-3-5(11)2-6(8(14)4-12)9(7)16-10(13)15/h2-3,8,14H,4,12H2,1H3. The van der Waals surface area contributed by atoms with Crippen LogP contribution in [0.25, 0.3) is 11.1 Å². The molecular weight excluding hydrogens is 232 g/mol. The Bertz CT molecular complexity index is 587. The van der Waals surface area contributed by atoms with Gasteiger partial charge in [0.15, 0.2) is 5.58 Å². The minimum Gasteiger partial charge on any atom is -0.407 e. The van der Waals surface area contributed by atoms with Crippen LogP contribution in [0.5, 0.6) is 0 Å². The lowest BCUT2D eigenvalue weighted by molar-refractivity contribution is 0.187. The van der Waals surface area contributed by atoms with E-state index in [1.807, 2.05) is 0 Å². The molecule has 0 spiro atoms. The number of aromatic nitrogens is 1. The molecule has 1 atom stereocenters. The second-order valence-electron chi connectivity index (χ2n) is 3.52. The largest absolute Gasteiger partial charge is 0.419 e. The van der Waals surface area contributed by atoms with E-state index in [0.29, 0.717) is 21.7 Å². The fraction of sp³-hybridized carbons (Fsp3) is 0.300. The summed E-state index contributed by atoms with van der Waals surface area (Å²) >= 11 is 5.90. The van der Waals surface area contributed by atoms with Crippen molar-refractivity contribution in [3.05, 3.63) is 33.3 Å². The smallest absolute Gasteiger partial charge is 0.407 e. The molecule has 16 heavy (non-hydrogen) atoms. The second-order valence-corrected chi connectivity index (χ2v) is 3.96. The molecule has 86 valence electrons. The predicted molar refractivity (Wildman–Crippen MR) is 60.5 cm³/mol. The molecule has 0 amide bonds. The fourth-order valence-electron chi connectivity index (χ4n) is 1.59. The molecule has 0 radical (unpaired) electrons. The summed E-state index contributed by atoms with van der Waals surface area (Å²) in [7, 11) is 1.57. The number of aryl methyl sites for hydroxylation is 1. The van der Waals surface area contributed by atoms with E-state index in [9.17, 15) is 9.90 Å². The van der Waals surface area contributed by atoms with Crippen molar-refractivity contribution < 1.29 is 9.52 Å². The average molecular weight is 243 g/mol. The number of nitrogens with two attached hydrogens (primary N) is 1. The van der Waals surface area contributed by atoms with E-state index < -0.39 is 11.9 Å². The molecule has 1 heterocycles. The number of hydrogen-bond donors (Lipinski definition) is 2. The Morgan fingerprint density at radius 1 is 1.62 bits per heavy atom. The molecule has 1 aromatic carbocycles. The molecule has 2 aromatic rings. The molecule has 0 aliphatic carbocycles. The van der Waals surface area contributed by atoms with E-state index in [2.05, 4.69) is 0 Å². The lowest BCUT2D eigenvalue weighted by atomic mass is 10.1. The zero-order valence-electron chi connectivity index (χ0n) is 8.61. The number of oxazole rings is 1. The molecule has 1 unspecified atom stereocenters. The van der Waals surface area contributed by atoms with Crippen molar-refractivity contribution >= 4 is 22.7 Å². The van der Waals surface area contributed by atoms with Gasteiger partial charge in [-0.15, -0.1) is 0 Å². The summed E-state index contributed by atoms with van der Waals surface area (Å²) in [5.74, 6) is -0.497. The SMILES string of the molecule is Cn1c(=O)oc2c(C(O)CN)cc(Cl)cc21. The third-order valence-electron chi connectivity index (χ3n) is 2.47. The van der Waals surface area contributed by atoms with Gasteiger partial charge in [-0.05, 0) is 12.1 Å². The van der Waals surface area contributed by atoms with Gasteiger partial charge < -0.3 is 15.3 Å². The highest BCUT2D eigenvalue weighted by atomic mass is 35.5. The van der Waals surface area contributed by atoms with Gasteiger partial charge in [0.2, 0.25) is 0 Å². The Kier molecular flexibility index (Phi) is 2.75. The first kappa shape index (κ1) is 11.2. The van der Waals surface area contributed by atoms with Crippen molar-refractivity contribution in [2.75, 3.05) is 6.54 Å². The minimum absolute atomic E-state index is 0.0358. The third-order valence-corrected chi connectivity index (χ3v) is 2.69.